The number of amides is 1. The van der Waals surface area contributed by atoms with Crippen LogP contribution in [0.1, 0.15) is 41.1 Å². The third-order valence-electron chi connectivity index (χ3n) is 5.71. The average molecular weight is 480 g/mol. The molecule has 2 aromatic carbocycles. The van der Waals surface area contributed by atoms with Crippen molar-refractivity contribution >= 4 is 17.5 Å². The first-order chi connectivity index (χ1) is 17.6. The van der Waals surface area contributed by atoms with Gasteiger partial charge in [0, 0.05) is 6.42 Å². The summed E-state index contributed by atoms with van der Waals surface area (Å²) in [6.07, 6.45) is 4.50. The molecule has 1 N–H and O–H groups in total. The van der Waals surface area contributed by atoms with E-state index in [4.69, 9.17) is 0 Å². The third-order valence-corrected chi connectivity index (χ3v) is 5.71. The van der Waals surface area contributed by atoms with Gasteiger partial charge in [0.1, 0.15) is 5.78 Å². The number of benzene rings is 2. The van der Waals surface area contributed by atoms with Gasteiger partial charge in [0.15, 0.2) is 5.82 Å². The van der Waals surface area contributed by atoms with Crippen LogP contribution in [0.3, 0.4) is 0 Å². The van der Waals surface area contributed by atoms with E-state index in [9.17, 15) is 9.59 Å². The van der Waals surface area contributed by atoms with Crippen LogP contribution in [0.2, 0.25) is 0 Å². The van der Waals surface area contributed by atoms with Crippen molar-refractivity contribution in [1.29, 1.82) is 0 Å². The van der Waals surface area contributed by atoms with E-state index in [1.54, 1.807) is 6.07 Å². The molecular weight excluding hydrogens is 450 g/mol. The normalized spacial score (nSPS) is 10.7. The average Bonchev–Trinajstić information content (AvgIpc) is 2.89. The fourth-order valence-corrected chi connectivity index (χ4v) is 3.84. The Balaban J connectivity index is 1.14. The van der Waals surface area contributed by atoms with Crippen molar-refractivity contribution in [2.24, 2.45) is 0 Å². The van der Waals surface area contributed by atoms with Gasteiger partial charge in [-0.3, -0.25) is 9.59 Å². The molecule has 0 unspecified atom stereocenters. The highest BCUT2D eigenvalue weighted by atomic mass is 16.1. The molecule has 0 saturated carbocycles. The van der Waals surface area contributed by atoms with Crippen LogP contribution < -0.4 is 5.32 Å². The molecule has 0 fully saturated rings. The summed E-state index contributed by atoms with van der Waals surface area (Å²) in [5.41, 5.74) is 4.46. The summed E-state index contributed by atoms with van der Waals surface area (Å²) in [6, 6.07) is 26.8. The third kappa shape index (κ3) is 8.20. The minimum absolute atomic E-state index is 0.115. The van der Waals surface area contributed by atoms with Crippen molar-refractivity contribution in [3.63, 3.8) is 0 Å². The molecule has 0 atom stereocenters. The summed E-state index contributed by atoms with van der Waals surface area (Å²) in [7, 11) is 0. The number of aryl methyl sites for hydroxylation is 2. The number of nitrogens with zero attached hydrogens (tertiary/aromatic N) is 4. The lowest BCUT2D eigenvalue weighted by Crippen LogP contribution is -2.15. The van der Waals surface area contributed by atoms with Crippen LogP contribution in [-0.2, 0) is 41.7 Å². The molecule has 182 valence electrons. The van der Waals surface area contributed by atoms with Gasteiger partial charge in [-0.15, -0.1) is 5.10 Å². The highest BCUT2D eigenvalue weighted by Crippen LogP contribution is 2.10. The summed E-state index contributed by atoms with van der Waals surface area (Å²) in [5.74, 6) is 0.472. The topological polar surface area (TPSA) is 97.7 Å². The molecular formula is C29H29N5O2. The van der Waals surface area contributed by atoms with E-state index in [0.29, 0.717) is 30.8 Å². The molecule has 2 heterocycles. The lowest BCUT2D eigenvalue weighted by atomic mass is 10.1. The molecule has 2 aromatic heterocycles. The molecule has 4 aromatic rings. The van der Waals surface area contributed by atoms with Gasteiger partial charge in [-0.1, -0.05) is 60.7 Å². The van der Waals surface area contributed by atoms with Crippen molar-refractivity contribution in [2.45, 2.75) is 44.9 Å². The van der Waals surface area contributed by atoms with Gasteiger partial charge in [0.2, 0.25) is 5.91 Å². The number of aromatic nitrogens is 4. The number of ketones is 1. The molecule has 7 heteroatoms. The molecule has 0 aliphatic carbocycles. The highest BCUT2D eigenvalue weighted by Gasteiger charge is 2.08. The van der Waals surface area contributed by atoms with Crippen LogP contribution in [0.15, 0.2) is 84.9 Å². The van der Waals surface area contributed by atoms with Crippen molar-refractivity contribution in [1.82, 2.24) is 20.4 Å². The first kappa shape index (κ1) is 24.9. The van der Waals surface area contributed by atoms with Crippen LogP contribution in [0.5, 0.6) is 0 Å². The van der Waals surface area contributed by atoms with Gasteiger partial charge >= 0.3 is 0 Å². The molecule has 36 heavy (non-hydrogen) atoms. The van der Waals surface area contributed by atoms with E-state index in [2.05, 4.69) is 25.7 Å². The Hall–Kier alpha value is -4.26. The van der Waals surface area contributed by atoms with Crippen molar-refractivity contribution < 1.29 is 9.59 Å². The zero-order valence-corrected chi connectivity index (χ0v) is 20.1. The number of nitrogens with one attached hydrogen (secondary N) is 1. The number of carbonyl (C=O) groups is 2. The summed E-state index contributed by atoms with van der Waals surface area (Å²) >= 11 is 0. The maximum absolute atomic E-state index is 12.3. The van der Waals surface area contributed by atoms with Crippen molar-refractivity contribution in [3.05, 3.63) is 113 Å². The Morgan fingerprint density at radius 3 is 1.64 bits per heavy atom. The first-order valence-electron chi connectivity index (χ1n) is 12.2. The monoisotopic (exact) mass is 479 g/mol. The number of hydrogen-bond donors (Lipinski definition) is 1. The summed E-state index contributed by atoms with van der Waals surface area (Å²) < 4.78 is 0. The van der Waals surface area contributed by atoms with Crippen molar-refractivity contribution in [2.75, 3.05) is 5.32 Å². The largest absolute Gasteiger partial charge is 0.309 e. The van der Waals surface area contributed by atoms with E-state index in [1.807, 2.05) is 78.9 Å². The Morgan fingerprint density at radius 2 is 1.08 bits per heavy atom. The van der Waals surface area contributed by atoms with Crippen LogP contribution in [0.25, 0.3) is 0 Å². The molecule has 0 aliphatic heterocycles. The van der Waals surface area contributed by atoms with Gasteiger partial charge < -0.3 is 5.32 Å². The second-order valence-corrected chi connectivity index (χ2v) is 8.72. The molecule has 0 aliphatic rings. The maximum Gasteiger partial charge on any atom is 0.229 e. The summed E-state index contributed by atoms with van der Waals surface area (Å²) in [5, 5.41) is 19.6. The number of Topliss-reactive ketones (excluding diaryl/α,β-unsaturated/α-hetero) is 1. The van der Waals surface area contributed by atoms with Crippen LogP contribution in [-0.4, -0.2) is 32.1 Å². The van der Waals surface area contributed by atoms with Gasteiger partial charge in [-0.25, -0.2) is 0 Å². The SMILES string of the molecule is O=C(Cc1ccccc1)Cc1ccc(CCCCc2ccc(NC(=O)Cc3ccccc3)nn2)nn1. The fraction of sp³-hybridized carbons (Fsp3) is 0.241. The lowest BCUT2D eigenvalue weighted by Gasteiger charge is -2.05. The minimum Gasteiger partial charge on any atom is -0.309 e. The quantitative estimate of drug-likeness (QED) is 0.303. The molecule has 4 rings (SSSR count). The summed E-state index contributed by atoms with van der Waals surface area (Å²) in [6.45, 7) is 0. The zero-order chi connectivity index (χ0) is 25.0. The fourth-order valence-electron chi connectivity index (χ4n) is 3.84. The van der Waals surface area contributed by atoms with E-state index < -0.39 is 0 Å². The Labute approximate surface area is 211 Å². The number of rotatable bonds is 12. The van der Waals surface area contributed by atoms with Gasteiger partial charge in [-0.2, -0.15) is 15.3 Å². The van der Waals surface area contributed by atoms with E-state index in [-0.39, 0.29) is 11.7 Å². The van der Waals surface area contributed by atoms with Crippen LogP contribution >= 0.6 is 0 Å². The molecule has 7 nitrogen and oxygen atoms in total. The standard InChI is InChI=1S/C29H29N5O2/c35-27(19-22-9-3-1-4-10-22)21-26-16-15-24(31-33-26)13-7-8-14-25-17-18-28(34-32-25)30-29(36)20-23-11-5-2-6-12-23/h1-6,9-12,15-18H,7-8,13-14,19-21H2,(H,30,34,36). The molecule has 0 bridgehead atoms. The number of anilines is 1. The van der Waals surface area contributed by atoms with Gasteiger partial charge in [0.05, 0.1) is 29.9 Å². The van der Waals surface area contributed by atoms with Crippen LogP contribution in [0, 0.1) is 0 Å². The number of hydrogen-bond acceptors (Lipinski definition) is 6. The summed E-state index contributed by atoms with van der Waals surface area (Å²) in [4.78, 5) is 24.4. The maximum atomic E-state index is 12.3. The highest BCUT2D eigenvalue weighted by molar-refractivity contribution is 5.91. The smallest absolute Gasteiger partial charge is 0.229 e. The van der Waals surface area contributed by atoms with E-state index in [1.165, 1.54) is 0 Å². The zero-order valence-electron chi connectivity index (χ0n) is 20.1. The predicted molar refractivity (Wildman–Crippen MR) is 138 cm³/mol. The number of unbranched alkanes of at least 4 members (excludes halogenated alkanes) is 1. The Kier molecular flexibility index (Phi) is 8.97. The predicted octanol–water partition coefficient (Wildman–Crippen LogP) is 4.37. The Morgan fingerprint density at radius 1 is 0.556 bits per heavy atom. The van der Waals surface area contributed by atoms with Crippen molar-refractivity contribution in [3.8, 4) is 0 Å². The Bertz CT molecular complexity index is 1140. The van der Waals surface area contributed by atoms with Crippen LogP contribution in [0.4, 0.5) is 5.82 Å². The minimum atomic E-state index is -0.115. The molecule has 0 radical (unpaired) electrons. The lowest BCUT2D eigenvalue weighted by molar-refractivity contribution is -0.118. The van der Waals surface area contributed by atoms with Gasteiger partial charge in [0.25, 0.3) is 0 Å². The van der Waals surface area contributed by atoms with E-state index in [0.717, 1.165) is 48.2 Å². The van der Waals surface area contributed by atoms with E-state index >= 15 is 0 Å². The molecule has 0 saturated heterocycles. The number of carbonyl (C=O) groups excluding carboxylic acids is 2. The molecule has 0 spiro atoms. The first-order valence-corrected chi connectivity index (χ1v) is 12.2. The van der Waals surface area contributed by atoms with Gasteiger partial charge in [-0.05, 0) is 61.1 Å². The second kappa shape index (κ2) is 13.0. The molecule has 1 amide bonds. The second-order valence-electron chi connectivity index (χ2n) is 8.72.